The van der Waals surface area contributed by atoms with Gasteiger partial charge in [-0.1, -0.05) is 0 Å². The van der Waals surface area contributed by atoms with Gasteiger partial charge in [-0.05, 0) is 72.8 Å². The molecule has 37 heavy (non-hydrogen) atoms. The van der Waals surface area contributed by atoms with Gasteiger partial charge in [-0.2, -0.15) is 0 Å². The smallest absolute Gasteiger partial charge is 0.338 e. The predicted octanol–water partition coefficient (Wildman–Crippen LogP) is 2.14. The van der Waals surface area contributed by atoms with Crippen molar-refractivity contribution in [2.45, 2.75) is 12.5 Å². The van der Waals surface area contributed by atoms with Crippen LogP contribution in [0.15, 0.2) is 72.8 Å². The molecule has 1 heterocycles. The van der Waals surface area contributed by atoms with E-state index in [4.69, 9.17) is 4.74 Å². The normalized spacial score (nSPS) is 14.9. The summed E-state index contributed by atoms with van der Waals surface area (Å²) < 4.78 is 18.0. The summed E-state index contributed by atoms with van der Waals surface area (Å²) in [6.07, 6.45) is -0.204. The van der Waals surface area contributed by atoms with Crippen LogP contribution in [0.2, 0.25) is 0 Å². The molecular weight excluding hydrogens is 485 g/mol. The number of benzene rings is 3. The fourth-order valence-corrected chi connectivity index (χ4v) is 3.53. The number of hydrogen-bond acceptors (Lipinski definition) is 8. The van der Waals surface area contributed by atoms with Gasteiger partial charge in [0, 0.05) is 11.1 Å². The lowest BCUT2D eigenvalue weighted by molar-refractivity contribution is -0.121. The molecule has 0 aromatic heterocycles. The number of hydrogen-bond donors (Lipinski definition) is 3. The number of ether oxygens (including phenoxy) is 1. The van der Waals surface area contributed by atoms with E-state index in [-0.39, 0.29) is 34.5 Å². The molecule has 3 amide bonds. The second-order valence-electron chi connectivity index (χ2n) is 8.02. The summed E-state index contributed by atoms with van der Waals surface area (Å²) in [4.78, 5) is 62.7. The van der Waals surface area contributed by atoms with Crippen LogP contribution in [-0.4, -0.2) is 47.2 Å². The van der Waals surface area contributed by atoms with Gasteiger partial charge in [-0.3, -0.25) is 24.6 Å². The molecule has 1 atom stereocenters. The molecule has 0 radical (unpaired) electrons. The number of ketones is 1. The number of carbonyl (C=O) groups is 5. The second-order valence-corrected chi connectivity index (χ2v) is 8.02. The van der Waals surface area contributed by atoms with Crippen molar-refractivity contribution >= 4 is 35.2 Å². The zero-order chi connectivity index (χ0) is 26.5. The average Bonchev–Trinajstić information content (AvgIpc) is 3.19. The van der Waals surface area contributed by atoms with Gasteiger partial charge in [-0.25, -0.2) is 19.5 Å². The number of nitrogens with one attached hydrogen (secondary N) is 2. The van der Waals surface area contributed by atoms with E-state index in [0.717, 1.165) is 17.0 Å². The number of nitrogens with zero attached hydrogens (tertiary/aromatic N) is 1. The van der Waals surface area contributed by atoms with Crippen molar-refractivity contribution in [1.82, 2.24) is 10.9 Å². The summed E-state index contributed by atoms with van der Waals surface area (Å²) in [6.45, 7) is -0.543. The molecule has 1 fully saturated rings. The summed E-state index contributed by atoms with van der Waals surface area (Å²) in [6, 6.07) is 14.7. The van der Waals surface area contributed by atoms with Crippen molar-refractivity contribution in [3.05, 3.63) is 95.3 Å². The minimum atomic E-state index is -1.00. The SMILES string of the molecule is O=C(COC(=O)c1ccc(N2C(=O)CC(NNC(=O)c3ccc(O)cc3)C2=O)cc1)c1ccc(F)cc1. The first-order valence-corrected chi connectivity index (χ1v) is 11.0. The first-order valence-electron chi connectivity index (χ1n) is 11.0. The lowest BCUT2D eigenvalue weighted by Crippen LogP contribution is -2.48. The van der Waals surface area contributed by atoms with Crippen molar-refractivity contribution in [3.63, 3.8) is 0 Å². The Morgan fingerprint density at radius 2 is 1.49 bits per heavy atom. The first kappa shape index (κ1) is 25.2. The summed E-state index contributed by atoms with van der Waals surface area (Å²) in [5.74, 6) is -3.47. The van der Waals surface area contributed by atoms with E-state index in [1.807, 2.05) is 0 Å². The van der Waals surface area contributed by atoms with Crippen LogP contribution in [0.5, 0.6) is 5.75 Å². The van der Waals surface area contributed by atoms with Crippen LogP contribution in [-0.2, 0) is 14.3 Å². The number of halogens is 1. The highest BCUT2D eigenvalue weighted by Gasteiger charge is 2.39. The third kappa shape index (κ3) is 5.85. The van der Waals surface area contributed by atoms with Gasteiger partial charge in [0.2, 0.25) is 5.91 Å². The molecular formula is C26H20FN3O7. The Labute approximate surface area is 209 Å². The summed E-state index contributed by atoms with van der Waals surface area (Å²) in [5.41, 5.74) is 5.64. The van der Waals surface area contributed by atoms with Gasteiger partial charge < -0.3 is 9.84 Å². The topological polar surface area (TPSA) is 142 Å². The average molecular weight is 505 g/mol. The summed E-state index contributed by atoms with van der Waals surface area (Å²) >= 11 is 0. The Bertz CT molecular complexity index is 1360. The molecule has 3 aromatic carbocycles. The Balaban J connectivity index is 1.33. The van der Waals surface area contributed by atoms with E-state index in [2.05, 4.69) is 10.9 Å². The van der Waals surface area contributed by atoms with Crippen LogP contribution in [0, 0.1) is 5.82 Å². The number of amides is 3. The van der Waals surface area contributed by atoms with Gasteiger partial charge in [0.25, 0.3) is 11.8 Å². The molecule has 0 bridgehead atoms. The maximum absolute atomic E-state index is 13.0. The third-order valence-electron chi connectivity index (χ3n) is 5.50. The number of esters is 1. The third-order valence-corrected chi connectivity index (χ3v) is 5.50. The van der Waals surface area contributed by atoms with Crippen LogP contribution < -0.4 is 15.8 Å². The van der Waals surface area contributed by atoms with E-state index in [1.165, 1.54) is 60.7 Å². The highest BCUT2D eigenvalue weighted by molar-refractivity contribution is 6.22. The van der Waals surface area contributed by atoms with Crippen molar-refractivity contribution < 1.29 is 38.2 Å². The molecule has 0 aliphatic carbocycles. The quantitative estimate of drug-likeness (QED) is 0.183. The summed E-state index contributed by atoms with van der Waals surface area (Å²) in [7, 11) is 0. The van der Waals surface area contributed by atoms with Crippen molar-refractivity contribution in [2.24, 2.45) is 0 Å². The van der Waals surface area contributed by atoms with Crippen molar-refractivity contribution in [3.8, 4) is 5.75 Å². The Hall–Kier alpha value is -4.90. The van der Waals surface area contributed by atoms with E-state index in [0.29, 0.717) is 0 Å². The number of rotatable bonds is 8. The number of imide groups is 1. The molecule has 4 rings (SSSR count). The molecule has 11 heteroatoms. The number of anilines is 1. The van der Waals surface area contributed by atoms with Crippen LogP contribution in [0.3, 0.4) is 0 Å². The first-order chi connectivity index (χ1) is 17.7. The van der Waals surface area contributed by atoms with Crippen molar-refractivity contribution in [1.29, 1.82) is 0 Å². The zero-order valence-electron chi connectivity index (χ0n) is 19.1. The minimum Gasteiger partial charge on any atom is -0.508 e. The lowest BCUT2D eigenvalue weighted by Gasteiger charge is -2.16. The van der Waals surface area contributed by atoms with E-state index in [1.54, 1.807) is 0 Å². The van der Waals surface area contributed by atoms with Crippen molar-refractivity contribution in [2.75, 3.05) is 11.5 Å². The molecule has 10 nitrogen and oxygen atoms in total. The van der Waals surface area contributed by atoms with Gasteiger partial charge >= 0.3 is 5.97 Å². The van der Waals surface area contributed by atoms with Gasteiger partial charge in [-0.15, -0.1) is 0 Å². The molecule has 1 unspecified atom stereocenters. The number of hydrazine groups is 1. The molecule has 188 valence electrons. The molecule has 1 saturated heterocycles. The van der Waals surface area contributed by atoms with Gasteiger partial charge in [0.05, 0.1) is 17.7 Å². The molecule has 1 aliphatic rings. The molecule has 3 aromatic rings. The number of aromatic hydroxyl groups is 1. The lowest BCUT2D eigenvalue weighted by atomic mass is 10.1. The second kappa shape index (κ2) is 10.8. The number of phenolic OH excluding ortho intramolecular Hbond substituents is 1. The van der Waals surface area contributed by atoms with Gasteiger partial charge in [0.15, 0.2) is 12.4 Å². The minimum absolute atomic E-state index is 0.00511. The van der Waals surface area contributed by atoms with E-state index in [9.17, 15) is 33.5 Å². The molecule has 1 aliphatic heterocycles. The van der Waals surface area contributed by atoms with Crippen LogP contribution in [0.1, 0.15) is 37.5 Å². The van der Waals surface area contributed by atoms with E-state index < -0.39 is 47.9 Å². The maximum Gasteiger partial charge on any atom is 0.338 e. The van der Waals surface area contributed by atoms with Crippen LogP contribution in [0.4, 0.5) is 10.1 Å². The van der Waals surface area contributed by atoms with E-state index >= 15 is 0 Å². The monoisotopic (exact) mass is 505 g/mol. The Kier molecular flexibility index (Phi) is 7.35. The largest absolute Gasteiger partial charge is 0.508 e. The fraction of sp³-hybridized carbons (Fsp3) is 0.115. The maximum atomic E-state index is 13.0. The molecule has 0 saturated carbocycles. The number of Topliss-reactive ketones (excluding diaryl/α,β-unsaturated/α-hetero) is 1. The Morgan fingerprint density at radius 1 is 0.892 bits per heavy atom. The number of carbonyl (C=O) groups excluding carboxylic acids is 5. The fourth-order valence-electron chi connectivity index (χ4n) is 3.53. The molecule has 3 N–H and O–H groups in total. The van der Waals surface area contributed by atoms with Crippen LogP contribution in [0.25, 0.3) is 0 Å². The highest BCUT2D eigenvalue weighted by Crippen LogP contribution is 2.23. The molecule has 0 spiro atoms. The predicted molar refractivity (Wildman–Crippen MR) is 127 cm³/mol. The summed E-state index contributed by atoms with van der Waals surface area (Å²) in [5, 5.41) is 9.30. The van der Waals surface area contributed by atoms with Crippen LogP contribution >= 0.6 is 0 Å². The highest BCUT2D eigenvalue weighted by atomic mass is 19.1. The standard InChI is InChI=1S/C26H20FN3O7/c27-18-7-1-15(2-8-18)22(32)14-37-26(36)17-3-9-19(10-4-17)30-23(33)13-21(25(30)35)28-29-24(34)16-5-11-20(31)12-6-16/h1-12,21,28,31H,13-14H2,(H,29,34). The zero-order valence-corrected chi connectivity index (χ0v) is 19.1. The number of phenols is 1. The van der Waals surface area contributed by atoms with Gasteiger partial charge in [0.1, 0.15) is 17.6 Å². The Morgan fingerprint density at radius 3 is 2.14 bits per heavy atom.